The second-order valence-corrected chi connectivity index (χ2v) is 5.34. The number of nitrogens with two attached hydrogens (primary N) is 1. The van der Waals surface area contributed by atoms with Crippen molar-refractivity contribution in [2.24, 2.45) is 11.7 Å². The summed E-state index contributed by atoms with van der Waals surface area (Å²) in [4.78, 5) is 24.5. The van der Waals surface area contributed by atoms with Crippen molar-refractivity contribution in [2.75, 3.05) is 13.1 Å². The van der Waals surface area contributed by atoms with Crippen molar-refractivity contribution in [3.05, 3.63) is 0 Å². The topological polar surface area (TPSA) is 95.7 Å². The molecule has 0 radical (unpaired) electrons. The van der Waals surface area contributed by atoms with E-state index in [1.165, 1.54) is 0 Å². The van der Waals surface area contributed by atoms with Gasteiger partial charge in [-0.2, -0.15) is 0 Å². The molecule has 2 fully saturated rings. The van der Waals surface area contributed by atoms with E-state index in [1.54, 1.807) is 4.90 Å². The molecule has 2 unspecified atom stereocenters. The molecule has 1 aliphatic heterocycles. The fraction of sp³-hybridized carbons (Fsp3) is 0.833. The van der Waals surface area contributed by atoms with Gasteiger partial charge in [0.05, 0.1) is 6.42 Å². The normalized spacial score (nSPS) is 25.6. The molecule has 1 saturated heterocycles. The van der Waals surface area contributed by atoms with Gasteiger partial charge in [-0.15, -0.1) is 0 Å². The molecule has 0 bridgehead atoms. The van der Waals surface area contributed by atoms with Crippen LogP contribution in [-0.4, -0.2) is 47.2 Å². The highest BCUT2D eigenvalue weighted by atomic mass is 16.4. The van der Waals surface area contributed by atoms with Crippen LogP contribution in [0, 0.1) is 5.92 Å². The first kappa shape index (κ1) is 13.1. The number of carbonyl (C=O) groups is 2. The zero-order valence-electron chi connectivity index (χ0n) is 10.5. The maximum absolute atomic E-state index is 12.0. The van der Waals surface area contributed by atoms with Crippen molar-refractivity contribution in [1.82, 2.24) is 10.2 Å². The number of hydrogen-bond donors (Lipinski definition) is 3. The molecule has 0 aromatic rings. The standard InChI is InChI=1S/C12H21N3O3/c13-9-2-1-5-15(7-9)12(18)14-10(6-11(16)17)8-3-4-8/h8-10H,1-7,13H2,(H,14,18)(H,16,17). The fourth-order valence-corrected chi connectivity index (χ4v) is 2.47. The number of carboxylic acids is 1. The molecular weight excluding hydrogens is 234 g/mol. The van der Waals surface area contributed by atoms with Gasteiger partial charge in [0, 0.05) is 25.2 Å². The predicted octanol–water partition coefficient (Wildman–Crippen LogP) is 0.372. The SMILES string of the molecule is NC1CCCN(C(=O)NC(CC(=O)O)C2CC2)C1. The third-order valence-electron chi connectivity index (χ3n) is 3.64. The molecule has 0 aromatic heterocycles. The van der Waals surface area contributed by atoms with E-state index < -0.39 is 5.97 Å². The molecule has 0 spiro atoms. The van der Waals surface area contributed by atoms with Gasteiger partial charge < -0.3 is 21.1 Å². The minimum absolute atomic E-state index is 0.0102. The first-order chi connectivity index (χ1) is 8.56. The van der Waals surface area contributed by atoms with Crippen LogP contribution in [-0.2, 0) is 4.79 Å². The lowest BCUT2D eigenvalue weighted by Crippen LogP contribution is -2.52. The number of urea groups is 1. The van der Waals surface area contributed by atoms with Gasteiger partial charge in [-0.25, -0.2) is 4.79 Å². The van der Waals surface area contributed by atoms with Gasteiger partial charge in [-0.05, 0) is 31.6 Å². The molecule has 2 rings (SSSR count). The average Bonchev–Trinajstić information content (AvgIpc) is 3.11. The van der Waals surface area contributed by atoms with Crippen LogP contribution < -0.4 is 11.1 Å². The molecule has 4 N–H and O–H groups in total. The molecule has 0 aromatic carbocycles. The molecule has 102 valence electrons. The van der Waals surface area contributed by atoms with Crippen molar-refractivity contribution < 1.29 is 14.7 Å². The molecule has 2 aliphatic rings. The van der Waals surface area contributed by atoms with E-state index in [9.17, 15) is 9.59 Å². The van der Waals surface area contributed by atoms with Gasteiger partial charge in [0.2, 0.25) is 0 Å². The number of carboxylic acid groups (broad SMARTS) is 1. The van der Waals surface area contributed by atoms with Crippen molar-refractivity contribution in [1.29, 1.82) is 0 Å². The lowest BCUT2D eigenvalue weighted by atomic mass is 10.1. The van der Waals surface area contributed by atoms with Gasteiger partial charge >= 0.3 is 12.0 Å². The van der Waals surface area contributed by atoms with E-state index in [0.29, 0.717) is 19.0 Å². The Balaban J connectivity index is 1.85. The van der Waals surface area contributed by atoms with Crippen LogP contribution >= 0.6 is 0 Å². The van der Waals surface area contributed by atoms with E-state index in [0.717, 1.165) is 25.7 Å². The quantitative estimate of drug-likeness (QED) is 0.676. The molecule has 1 aliphatic carbocycles. The maximum Gasteiger partial charge on any atom is 0.317 e. The number of hydrogen-bond acceptors (Lipinski definition) is 3. The summed E-state index contributed by atoms with van der Waals surface area (Å²) < 4.78 is 0. The van der Waals surface area contributed by atoms with Gasteiger partial charge in [0.1, 0.15) is 0 Å². The third kappa shape index (κ3) is 3.60. The van der Waals surface area contributed by atoms with E-state index in [1.807, 2.05) is 0 Å². The summed E-state index contributed by atoms with van der Waals surface area (Å²) >= 11 is 0. The molecule has 1 heterocycles. The van der Waals surface area contributed by atoms with Gasteiger partial charge in [-0.1, -0.05) is 0 Å². The largest absolute Gasteiger partial charge is 0.481 e. The van der Waals surface area contributed by atoms with E-state index in [4.69, 9.17) is 10.8 Å². The molecule has 2 amide bonds. The van der Waals surface area contributed by atoms with Crippen LogP contribution in [0.15, 0.2) is 0 Å². The molecule has 18 heavy (non-hydrogen) atoms. The monoisotopic (exact) mass is 255 g/mol. The summed E-state index contributed by atoms with van der Waals surface area (Å²) in [5, 5.41) is 11.7. The minimum Gasteiger partial charge on any atom is -0.481 e. The van der Waals surface area contributed by atoms with E-state index in [2.05, 4.69) is 5.32 Å². The van der Waals surface area contributed by atoms with Crippen LogP contribution in [0.5, 0.6) is 0 Å². The molecule has 6 heteroatoms. The predicted molar refractivity (Wildman–Crippen MR) is 66.1 cm³/mol. The number of carbonyl (C=O) groups excluding carboxylic acids is 1. The summed E-state index contributed by atoms with van der Waals surface area (Å²) in [5.41, 5.74) is 5.83. The molecule has 6 nitrogen and oxygen atoms in total. The van der Waals surface area contributed by atoms with E-state index in [-0.39, 0.29) is 24.5 Å². The first-order valence-electron chi connectivity index (χ1n) is 6.59. The fourth-order valence-electron chi connectivity index (χ4n) is 2.47. The number of amides is 2. The van der Waals surface area contributed by atoms with Crippen LogP contribution in [0.2, 0.25) is 0 Å². The van der Waals surface area contributed by atoms with Crippen molar-refractivity contribution in [3.8, 4) is 0 Å². The summed E-state index contributed by atoms with van der Waals surface area (Å²) in [7, 11) is 0. The Morgan fingerprint density at radius 2 is 2.11 bits per heavy atom. The Morgan fingerprint density at radius 3 is 2.67 bits per heavy atom. The zero-order chi connectivity index (χ0) is 13.1. The number of likely N-dealkylation sites (tertiary alicyclic amines) is 1. The highest BCUT2D eigenvalue weighted by molar-refractivity contribution is 5.76. The Labute approximate surface area is 107 Å². The maximum atomic E-state index is 12.0. The summed E-state index contributed by atoms with van der Waals surface area (Å²) in [6.45, 7) is 1.28. The number of nitrogens with zero attached hydrogens (tertiary/aromatic N) is 1. The van der Waals surface area contributed by atoms with Gasteiger partial charge in [-0.3, -0.25) is 4.79 Å². The molecule has 1 saturated carbocycles. The van der Waals surface area contributed by atoms with Crippen molar-refractivity contribution >= 4 is 12.0 Å². The van der Waals surface area contributed by atoms with Crippen LogP contribution in [0.3, 0.4) is 0 Å². The smallest absolute Gasteiger partial charge is 0.317 e. The molecule has 2 atom stereocenters. The van der Waals surface area contributed by atoms with Crippen LogP contribution in [0.4, 0.5) is 4.79 Å². The Hall–Kier alpha value is -1.30. The van der Waals surface area contributed by atoms with Crippen LogP contribution in [0.25, 0.3) is 0 Å². The number of nitrogens with one attached hydrogen (secondary N) is 1. The second-order valence-electron chi connectivity index (χ2n) is 5.34. The van der Waals surface area contributed by atoms with Gasteiger partial charge in [0.15, 0.2) is 0 Å². The zero-order valence-corrected chi connectivity index (χ0v) is 10.5. The number of rotatable bonds is 4. The number of aliphatic carboxylic acids is 1. The molecular formula is C12H21N3O3. The van der Waals surface area contributed by atoms with Crippen molar-refractivity contribution in [3.63, 3.8) is 0 Å². The lowest BCUT2D eigenvalue weighted by molar-refractivity contribution is -0.137. The summed E-state index contributed by atoms with van der Waals surface area (Å²) in [6.07, 6.45) is 3.90. The highest BCUT2D eigenvalue weighted by Crippen LogP contribution is 2.34. The highest BCUT2D eigenvalue weighted by Gasteiger charge is 2.35. The summed E-state index contributed by atoms with van der Waals surface area (Å²) in [6, 6.07) is -0.347. The Bertz CT molecular complexity index is 331. The minimum atomic E-state index is -0.859. The van der Waals surface area contributed by atoms with Crippen LogP contribution in [0.1, 0.15) is 32.1 Å². The average molecular weight is 255 g/mol. The Morgan fingerprint density at radius 1 is 1.39 bits per heavy atom. The second kappa shape index (κ2) is 5.56. The van der Waals surface area contributed by atoms with E-state index >= 15 is 0 Å². The summed E-state index contributed by atoms with van der Waals surface area (Å²) in [5.74, 6) is -0.522. The third-order valence-corrected chi connectivity index (χ3v) is 3.64. The van der Waals surface area contributed by atoms with Gasteiger partial charge in [0.25, 0.3) is 0 Å². The number of piperidine rings is 1. The lowest BCUT2D eigenvalue weighted by Gasteiger charge is -2.32. The first-order valence-corrected chi connectivity index (χ1v) is 6.59. The van der Waals surface area contributed by atoms with Crippen molar-refractivity contribution in [2.45, 2.75) is 44.2 Å². The Kier molecular flexibility index (Phi) is 4.06.